The van der Waals surface area contributed by atoms with Gasteiger partial charge in [0, 0.05) is 38.0 Å². The number of rotatable bonds is 8. The predicted molar refractivity (Wildman–Crippen MR) is 143 cm³/mol. The number of nitrogens with zero attached hydrogens (tertiary/aromatic N) is 2. The molecule has 10 heteroatoms. The van der Waals surface area contributed by atoms with E-state index in [1.54, 1.807) is 55.4 Å². The number of ether oxygens (including phenoxy) is 2. The first-order valence-electron chi connectivity index (χ1n) is 11.6. The number of primary amides is 1. The number of hydrogen-bond donors (Lipinski definition) is 3. The Morgan fingerprint density at radius 2 is 1.61 bits per heavy atom. The second kappa shape index (κ2) is 11.1. The van der Waals surface area contributed by atoms with E-state index in [0.29, 0.717) is 12.2 Å². The summed E-state index contributed by atoms with van der Waals surface area (Å²) >= 11 is 0. The van der Waals surface area contributed by atoms with E-state index in [2.05, 4.69) is 10.3 Å². The third-order valence-corrected chi connectivity index (χ3v) is 5.73. The van der Waals surface area contributed by atoms with Crippen molar-refractivity contribution in [1.29, 1.82) is 0 Å². The predicted octanol–water partition coefficient (Wildman–Crippen LogP) is 5.94. The number of carbonyl (C=O) groups excluding carboxylic acids is 1. The Morgan fingerprint density at radius 3 is 2.26 bits per heavy atom. The molecule has 0 bridgehead atoms. The van der Waals surface area contributed by atoms with Crippen LogP contribution in [0.15, 0.2) is 66.7 Å². The number of urea groups is 1. The lowest BCUT2D eigenvalue weighted by atomic mass is 10.0. The molecule has 0 aliphatic heterocycles. The molecular formula is C28H27F2N5O3. The minimum Gasteiger partial charge on any atom is -0.436 e. The van der Waals surface area contributed by atoms with Gasteiger partial charge in [-0.25, -0.2) is 13.6 Å². The third-order valence-electron chi connectivity index (χ3n) is 5.73. The Bertz CT molecular complexity index is 1490. The van der Waals surface area contributed by atoms with Crippen LogP contribution in [-0.4, -0.2) is 25.1 Å². The van der Waals surface area contributed by atoms with Gasteiger partial charge in [0.1, 0.15) is 5.75 Å². The lowest BCUT2D eigenvalue weighted by Gasteiger charge is -2.18. The molecule has 0 unspecified atom stereocenters. The summed E-state index contributed by atoms with van der Waals surface area (Å²) in [6, 6.07) is 18.6. The highest BCUT2D eigenvalue weighted by atomic mass is 19.1. The summed E-state index contributed by atoms with van der Waals surface area (Å²) in [5, 5.41) is 2.42. The van der Waals surface area contributed by atoms with Crippen molar-refractivity contribution in [2.75, 3.05) is 24.3 Å². The van der Waals surface area contributed by atoms with Gasteiger partial charge in [0.05, 0.1) is 5.69 Å². The normalized spacial score (nSPS) is 10.7. The van der Waals surface area contributed by atoms with Gasteiger partial charge in [-0.2, -0.15) is 4.98 Å². The van der Waals surface area contributed by atoms with Gasteiger partial charge in [-0.05, 0) is 53.9 Å². The number of hydrogen-bond acceptors (Lipinski definition) is 6. The van der Waals surface area contributed by atoms with E-state index in [1.165, 1.54) is 6.92 Å². The second-order valence-corrected chi connectivity index (χ2v) is 8.68. The van der Waals surface area contributed by atoms with E-state index in [0.717, 1.165) is 16.7 Å². The van der Waals surface area contributed by atoms with Crippen molar-refractivity contribution in [2.45, 2.75) is 13.5 Å². The number of carbonyl (C=O) groups is 1. The van der Waals surface area contributed by atoms with Crippen molar-refractivity contribution >= 4 is 17.4 Å². The summed E-state index contributed by atoms with van der Waals surface area (Å²) in [6.45, 7) is 1.64. The summed E-state index contributed by atoms with van der Waals surface area (Å²) in [5.74, 6) is -2.64. The molecule has 0 saturated carbocycles. The molecule has 0 saturated heterocycles. The zero-order valence-corrected chi connectivity index (χ0v) is 21.1. The van der Waals surface area contributed by atoms with Crippen LogP contribution < -0.4 is 31.2 Å². The molecule has 0 aliphatic rings. The van der Waals surface area contributed by atoms with Crippen molar-refractivity contribution < 1.29 is 23.0 Å². The molecular weight excluding hydrogens is 492 g/mol. The van der Waals surface area contributed by atoms with E-state index < -0.39 is 29.4 Å². The Labute approximate surface area is 218 Å². The summed E-state index contributed by atoms with van der Waals surface area (Å²) in [4.78, 5) is 17.2. The Morgan fingerprint density at radius 1 is 0.947 bits per heavy atom. The van der Waals surface area contributed by atoms with E-state index in [1.807, 2.05) is 30.3 Å². The SMILES string of the molecule is Cc1c(F)c(Oc2cccc(-c3cccc(CN)c3)c2)nc(Oc2cc(N(C)C)ccc2NC(N)=O)c1F. The number of nitrogens with one attached hydrogen (secondary N) is 1. The molecule has 0 radical (unpaired) electrons. The molecule has 38 heavy (non-hydrogen) atoms. The van der Waals surface area contributed by atoms with Crippen LogP contribution in [0.1, 0.15) is 11.1 Å². The van der Waals surface area contributed by atoms with Gasteiger partial charge in [-0.1, -0.05) is 30.3 Å². The van der Waals surface area contributed by atoms with Gasteiger partial charge in [-0.3, -0.25) is 0 Å². The van der Waals surface area contributed by atoms with Crippen LogP contribution in [0.2, 0.25) is 0 Å². The van der Waals surface area contributed by atoms with Crippen LogP contribution in [0, 0.1) is 18.6 Å². The molecule has 0 fully saturated rings. The first-order chi connectivity index (χ1) is 18.2. The maximum atomic E-state index is 15.1. The second-order valence-electron chi connectivity index (χ2n) is 8.68. The largest absolute Gasteiger partial charge is 0.436 e. The monoisotopic (exact) mass is 519 g/mol. The number of nitrogens with two attached hydrogens (primary N) is 2. The zero-order chi connectivity index (χ0) is 27.4. The molecule has 0 aliphatic carbocycles. The number of amides is 2. The van der Waals surface area contributed by atoms with Crippen LogP contribution in [0.5, 0.6) is 23.3 Å². The zero-order valence-electron chi connectivity index (χ0n) is 21.1. The van der Waals surface area contributed by atoms with Gasteiger partial charge in [0.15, 0.2) is 17.4 Å². The lowest BCUT2D eigenvalue weighted by Crippen LogP contribution is -2.20. The van der Waals surface area contributed by atoms with Crippen LogP contribution in [0.25, 0.3) is 11.1 Å². The van der Waals surface area contributed by atoms with Gasteiger partial charge in [0.2, 0.25) is 0 Å². The molecule has 1 aromatic heterocycles. The van der Waals surface area contributed by atoms with Crippen molar-refractivity contribution in [3.05, 3.63) is 89.5 Å². The average molecular weight is 520 g/mol. The fraction of sp³-hybridized carbons (Fsp3) is 0.143. The van der Waals surface area contributed by atoms with E-state index in [4.69, 9.17) is 20.9 Å². The first kappa shape index (κ1) is 26.4. The fourth-order valence-corrected chi connectivity index (χ4v) is 3.69. The van der Waals surface area contributed by atoms with E-state index in [9.17, 15) is 4.79 Å². The van der Waals surface area contributed by atoms with Gasteiger partial charge >= 0.3 is 6.03 Å². The summed E-state index contributed by atoms with van der Waals surface area (Å²) < 4.78 is 41.6. The molecule has 5 N–H and O–H groups in total. The number of aromatic nitrogens is 1. The number of anilines is 2. The number of halogens is 2. The number of pyridine rings is 1. The Kier molecular flexibility index (Phi) is 7.73. The van der Waals surface area contributed by atoms with E-state index in [-0.39, 0.29) is 22.7 Å². The van der Waals surface area contributed by atoms with Gasteiger partial charge < -0.3 is 31.2 Å². The fourth-order valence-electron chi connectivity index (χ4n) is 3.69. The molecule has 8 nitrogen and oxygen atoms in total. The van der Waals surface area contributed by atoms with Crippen LogP contribution >= 0.6 is 0 Å². The smallest absolute Gasteiger partial charge is 0.316 e. The molecule has 3 aromatic carbocycles. The van der Waals surface area contributed by atoms with Crippen molar-refractivity contribution in [1.82, 2.24) is 4.98 Å². The maximum Gasteiger partial charge on any atom is 0.316 e. The third kappa shape index (κ3) is 5.81. The van der Waals surface area contributed by atoms with Crippen LogP contribution in [-0.2, 0) is 6.54 Å². The van der Waals surface area contributed by atoms with Crippen molar-refractivity contribution in [3.63, 3.8) is 0 Å². The topological polar surface area (TPSA) is 116 Å². The first-order valence-corrected chi connectivity index (χ1v) is 11.6. The molecule has 196 valence electrons. The van der Waals surface area contributed by atoms with Crippen LogP contribution in [0.3, 0.4) is 0 Å². The molecule has 2 amide bonds. The molecule has 0 atom stereocenters. The van der Waals surface area contributed by atoms with E-state index >= 15 is 8.78 Å². The average Bonchev–Trinajstić information content (AvgIpc) is 2.90. The highest BCUT2D eigenvalue weighted by molar-refractivity contribution is 5.90. The van der Waals surface area contributed by atoms with Crippen molar-refractivity contribution in [2.24, 2.45) is 11.5 Å². The summed E-state index contributed by atoms with van der Waals surface area (Å²) in [5.41, 5.74) is 14.2. The molecule has 1 heterocycles. The van der Waals surface area contributed by atoms with Gasteiger partial charge in [0.25, 0.3) is 11.8 Å². The highest BCUT2D eigenvalue weighted by Crippen LogP contribution is 2.37. The summed E-state index contributed by atoms with van der Waals surface area (Å²) in [6.07, 6.45) is 0. The standard InChI is InChI=1S/C28H27F2N5O3/c1-16-24(29)26(37-21-9-5-8-19(13-21)18-7-4-6-17(12-18)15-31)34-27(25(16)30)38-23-14-20(35(2)3)10-11-22(23)33-28(32)36/h4-14H,15,31H2,1-3H3,(H3,32,33,36). The quantitative estimate of drug-likeness (QED) is 0.266. The molecule has 0 spiro atoms. The van der Waals surface area contributed by atoms with Crippen molar-refractivity contribution in [3.8, 4) is 34.4 Å². The minimum absolute atomic E-state index is 0.0557. The van der Waals surface area contributed by atoms with Gasteiger partial charge in [-0.15, -0.1) is 0 Å². The molecule has 4 aromatic rings. The lowest BCUT2D eigenvalue weighted by molar-refractivity contribution is 0.259. The Balaban J connectivity index is 1.70. The number of benzene rings is 3. The van der Waals surface area contributed by atoms with Crippen LogP contribution in [0.4, 0.5) is 25.0 Å². The minimum atomic E-state index is -1.01. The molecule has 4 rings (SSSR count). The highest BCUT2D eigenvalue weighted by Gasteiger charge is 2.22. The summed E-state index contributed by atoms with van der Waals surface area (Å²) in [7, 11) is 3.60. The maximum absolute atomic E-state index is 15.1. The Hall–Kier alpha value is -4.70.